The van der Waals surface area contributed by atoms with Crippen LogP contribution < -0.4 is 5.32 Å². The third kappa shape index (κ3) is 2.99. The number of hydrogen-bond acceptors (Lipinski definition) is 1. The number of nitrogens with one attached hydrogen (secondary N) is 1. The summed E-state index contributed by atoms with van der Waals surface area (Å²) >= 11 is 9.50. The van der Waals surface area contributed by atoms with Gasteiger partial charge in [-0.3, -0.25) is 0 Å². The standard InChI is InChI=1S/C13H17BrClN/c1-13(2)6-10(13)8-16-7-9-5-11(15)3-4-12(9)14/h3-5,10,16H,6-8H2,1-2H3. The molecule has 2 rings (SSSR count). The van der Waals surface area contributed by atoms with E-state index in [1.807, 2.05) is 18.2 Å². The Balaban J connectivity index is 1.83. The molecular weight excluding hydrogens is 286 g/mol. The predicted molar refractivity (Wildman–Crippen MR) is 72.7 cm³/mol. The van der Waals surface area contributed by atoms with Crippen molar-refractivity contribution < 1.29 is 0 Å². The van der Waals surface area contributed by atoms with E-state index in [0.29, 0.717) is 5.41 Å². The Morgan fingerprint density at radius 3 is 2.81 bits per heavy atom. The zero-order chi connectivity index (χ0) is 11.8. The van der Waals surface area contributed by atoms with E-state index in [1.54, 1.807) is 0 Å². The maximum Gasteiger partial charge on any atom is 0.0410 e. The van der Waals surface area contributed by atoms with Gasteiger partial charge in [0.05, 0.1) is 0 Å². The monoisotopic (exact) mass is 301 g/mol. The largest absolute Gasteiger partial charge is 0.312 e. The van der Waals surface area contributed by atoms with Crippen LogP contribution in [0.1, 0.15) is 25.8 Å². The van der Waals surface area contributed by atoms with Gasteiger partial charge < -0.3 is 5.32 Å². The maximum atomic E-state index is 5.97. The Morgan fingerprint density at radius 2 is 2.19 bits per heavy atom. The molecule has 1 fully saturated rings. The molecule has 0 aliphatic heterocycles. The number of benzene rings is 1. The van der Waals surface area contributed by atoms with Crippen LogP contribution in [0.3, 0.4) is 0 Å². The molecule has 0 aromatic heterocycles. The minimum Gasteiger partial charge on any atom is -0.312 e. The van der Waals surface area contributed by atoms with Crippen molar-refractivity contribution in [3.05, 3.63) is 33.3 Å². The fraction of sp³-hybridized carbons (Fsp3) is 0.538. The summed E-state index contributed by atoms with van der Waals surface area (Å²) in [5.74, 6) is 0.838. The first-order chi connectivity index (χ1) is 7.49. The highest BCUT2D eigenvalue weighted by atomic mass is 79.9. The lowest BCUT2D eigenvalue weighted by Gasteiger charge is -2.08. The minimum absolute atomic E-state index is 0.554. The normalized spacial score (nSPS) is 22.1. The van der Waals surface area contributed by atoms with E-state index in [-0.39, 0.29) is 0 Å². The molecule has 16 heavy (non-hydrogen) atoms. The molecule has 3 heteroatoms. The molecule has 1 aliphatic rings. The van der Waals surface area contributed by atoms with E-state index < -0.39 is 0 Å². The Kier molecular flexibility index (Phi) is 3.62. The molecule has 0 saturated heterocycles. The van der Waals surface area contributed by atoms with E-state index in [2.05, 4.69) is 35.1 Å². The molecule has 1 aromatic carbocycles. The summed E-state index contributed by atoms with van der Waals surface area (Å²) in [6.07, 6.45) is 1.34. The van der Waals surface area contributed by atoms with Crippen LogP contribution >= 0.6 is 27.5 Å². The van der Waals surface area contributed by atoms with Crippen LogP contribution in [0.25, 0.3) is 0 Å². The molecule has 0 heterocycles. The molecule has 1 N–H and O–H groups in total. The maximum absolute atomic E-state index is 5.97. The van der Waals surface area contributed by atoms with Crippen LogP contribution in [0.4, 0.5) is 0 Å². The first-order valence-corrected chi connectivity index (χ1v) is 6.81. The second-order valence-electron chi connectivity index (χ2n) is 5.26. The number of halogens is 2. The van der Waals surface area contributed by atoms with E-state index in [0.717, 1.165) is 28.5 Å². The van der Waals surface area contributed by atoms with Gasteiger partial charge in [-0.2, -0.15) is 0 Å². The lowest BCUT2D eigenvalue weighted by molar-refractivity contribution is 0.519. The zero-order valence-corrected chi connectivity index (χ0v) is 12.0. The van der Waals surface area contributed by atoms with Gasteiger partial charge in [0.2, 0.25) is 0 Å². The summed E-state index contributed by atoms with van der Waals surface area (Å²) in [7, 11) is 0. The summed E-state index contributed by atoms with van der Waals surface area (Å²) in [5, 5.41) is 4.30. The van der Waals surface area contributed by atoms with Gasteiger partial charge in [-0.25, -0.2) is 0 Å². The van der Waals surface area contributed by atoms with Crippen molar-refractivity contribution in [1.29, 1.82) is 0 Å². The van der Waals surface area contributed by atoms with Crippen molar-refractivity contribution in [3.63, 3.8) is 0 Å². The highest BCUT2D eigenvalue weighted by Gasteiger charge is 2.44. The Bertz CT molecular complexity index is 390. The molecule has 0 amide bonds. The number of hydrogen-bond donors (Lipinski definition) is 1. The van der Waals surface area contributed by atoms with Gasteiger partial charge in [-0.1, -0.05) is 41.4 Å². The second kappa shape index (κ2) is 4.67. The highest BCUT2D eigenvalue weighted by molar-refractivity contribution is 9.10. The molecule has 1 saturated carbocycles. The third-order valence-electron chi connectivity index (χ3n) is 3.43. The molecule has 1 unspecified atom stereocenters. The summed E-state index contributed by atoms with van der Waals surface area (Å²) in [6, 6.07) is 5.91. The van der Waals surface area contributed by atoms with Crippen molar-refractivity contribution in [1.82, 2.24) is 5.32 Å². The van der Waals surface area contributed by atoms with Crippen molar-refractivity contribution >= 4 is 27.5 Å². The summed E-state index contributed by atoms with van der Waals surface area (Å²) < 4.78 is 1.12. The van der Waals surface area contributed by atoms with Gasteiger partial charge in [0.1, 0.15) is 0 Å². The molecule has 0 bridgehead atoms. The van der Waals surface area contributed by atoms with Crippen LogP contribution in [0, 0.1) is 11.3 Å². The lowest BCUT2D eigenvalue weighted by atomic mass is 10.1. The summed E-state index contributed by atoms with van der Waals surface area (Å²) in [4.78, 5) is 0. The molecular formula is C13H17BrClN. The van der Waals surface area contributed by atoms with Crippen LogP contribution in [0.2, 0.25) is 5.02 Å². The van der Waals surface area contributed by atoms with E-state index in [4.69, 9.17) is 11.6 Å². The van der Waals surface area contributed by atoms with Crippen LogP contribution in [0.5, 0.6) is 0 Å². The van der Waals surface area contributed by atoms with Gasteiger partial charge >= 0.3 is 0 Å². The van der Waals surface area contributed by atoms with E-state index in [1.165, 1.54) is 12.0 Å². The third-order valence-corrected chi connectivity index (χ3v) is 4.44. The van der Waals surface area contributed by atoms with Gasteiger partial charge in [-0.15, -0.1) is 0 Å². The first kappa shape index (κ1) is 12.4. The molecule has 1 aromatic rings. The molecule has 88 valence electrons. The first-order valence-electron chi connectivity index (χ1n) is 5.64. The van der Waals surface area contributed by atoms with Crippen molar-refractivity contribution in [2.45, 2.75) is 26.8 Å². The molecule has 0 radical (unpaired) electrons. The van der Waals surface area contributed by atoms with Gasteiger partial charge in [-0.05, 0) is 48.1 Å². The molecule has 1 aliphatic carbocycles. The Morgan fingerprint density at radius 1 is 1.50 bits per heavy atom. The molecule has 1 nitrogen and oxygen atoms in total. The lowest BCUT2D eigenvalue weighted by Crippen LogP contribution is -2.18. The minimum atomic E-state index is 0.554. The van der Waals surface area contributed by atoms with Crippen molar-refractivity contribution in [3.8, 4) is 0 Å². The zero-order valence-electron chi connectivity index (χ0n) is 9.69. The molecule has 0 spiro atoms. The fourth-order valence-corrected chi connectivity index (χ4v) is 2.57. The highest BCUT2D eigenvalue weighted by Crippen LogP contribution is 2.50. The van der Waals surface area contributed by atoms with Crippen molar-refractivity contribution in [2.24, 2.45) is 11.3 Å². The van der Waals surface area contributed by atoms with Gasteiger partial charge in [0.15, 0.2) is 0 Å². The Hall–Kier alpha value is -0.0500. The van der Waals surface area contributed by atoms with Gasteiger partial charge in [0, 0.05) is 16.0 Å². The average Bonchev–Trinajstić information content (AvgIpc) is 2.80. The number of rotatable bonds is 4. The van der Waals surface area contributed by atoms with Crippen molar-refractivity contribution in [2.75, 3.05) is 6.54 Å². The topological polar surface area (TPSA) is 12.0 Å². The molecule has 1 atom stereocenters. The van der Waals surface area contributed by atoms with Crippen LogP contribution in [-0.2, 0) is 6.54 Å². The second-order valence-corrected chi connectivity index (χ2v) is 6.55. The van der Waals surface area contributed by atoms with E-state index in [9.17, 15) is 0 Å². The summed E-state index contributed by atoms with van der Waals surface area (Å²) in [6.45, 7) is 6.64. The Labute approximate surface area is 111 Å². The SMILES string of the molecule is CC1(C)CC1CNCc1cc(Cl)ccc1Br. The fourth-order valence-electron chi connectivity index (χ4n) is 1.98. The van der Waals surface area contributed by atoms with E-state index >= 15 is 0 Å². The average molecular weight is 303 g/mol. The summed E-state index contributed by atoms with van der Waals surface area (Å²) in [5.41, 5.74) is 1.78. The van der Waals surface area contributed by atoms with Crippen LogP contribution in [0.15, 0.2) is 22.7 Å². The van der Waals surface area contributed by atoms with Crippen LogP contribution in [-0.4, -0.2) is 6.54 Å². The predicted octanol–water partition coefficient (Wildman–Crippen LogP) is 4.24. The van der Waals surface area contributed by atoms with Gasteiger partial charge in [0.25, 0.3) is 0 Å². The quantitative estimate of drug-likeness (QED) is 0.877. The smallest absolute Gasteiger partial charge is 0.0410 e.